The van der Waals surface area contributed by atoms with E-state index in [4.69, 9.17) is 0 Å². The number of nitrogens with one attached hydrogen (secondary N) is 1. The molecule has 1 atom stereocenters. The number of thiophene rings is 1. The monoisotopic (exact) mass is 369 g/mol. The minimum Gasteiger partial charge on any atom is -0.355 e. The first kappa shape index (κ1) is 17.0. The third kappa shape index (κ3) is 3.42. The van der Waals surface area contributed by atoms with Crippen molar-refractivity contribution in [3.05, 3.63) is 53.3 Å². The number of aromatic nitrogens is 1. The molecule has 134 valence electrons. The van der Waals surface area contributed by atoms with Crippen LogP contribution in [0.3, 0.4) is 0 Å². The number of halogens is 1. The molecule has 4 nitrogen and oxygen atoms in total. The Balaban J connectivity index is 1.51. The van der Waals surface area contributed by atoms with Crippen LogP contribution >= 0.6 is 11.3 Å². The topological polar surface area (TPSA) is 45.2 Å². The molecule has 1 aliphatic rings. The summed E-state index contributed by atoms with van der Waals surface area (Å²) in [7, 11) is 0. The molecule has 3 heterocycles. The summed E-state index contributed by atoms with van der Waals surface area (Å²) >= 11 is 1.76. The average molecular weight is 369 g/mol. The zero-order chi connectivity index (χ0) is 18.1. The summed E-state index contributed by atoms with van der Waals surface area (Å²) in [5, 5.41) is 4.06. The van der Waals surface area contributed by atoms with Gasteiger partial charge in [-0.1, -0.05) is 0 Å². The fraction of sp³-hybridized carbons (Fsp3) is 0.300. The van der Waals surface area contributed by atoms with Gasteiger partial charge in [-0.05, 0) is 56.2 Å². The maximum Gasteiger partial charge on any atom is 0.229 e. The molecule has 2 aromatic heterocycles. The first-order valence-electron chi connectivity index (χ1n) is 8.77. The van der Waals surface area contributed by atoms with E-state index in [9.17, 15) is 9.18 Å². The lowest BCUT2D eigenvalue weighted by Gasteiger charge is -2.33. The first-order valence-corrected chi connectivity index (χ1v) is 9.58. The molecule has 6 heteroatoms. The van der Waals surface area contributed by atoms with E-state index in [0.29, 0.717) is 12.2 Å². The van der Waals surface area contributed by atoms with Gasteiger partial charge in [-0.2, -0.15) is 0 Å². The van der Waals surface area contributed by atoms with Crippen LogP contribution in [0.25, 0.3) is 10.1 Å². The van der Waals surface area contributed by atoms with E-state index in [1.165, 1.54) is 21.7 Å². The molecule has 1 aromatic carbocycles. The Labute approximate surface area is 155 Å². The summed E-state index contributed by atoms with van der Waals surface area (Å²) in [6.07, 6.45) is 3.64. The van der Waals surface area contributed by atoms with Crippen molar-refractivity contribution in [2.45, 2.75) is 19.8 Å². The van der Waals surface area contributed by atoms with Gasteiger partial charge in [0, 0.05) is 39.9 Å². The molecular formula is C20H20FN3OS. The second-order valence-electron chi connectivity index (χ2n) is 6.68. The van der Waals surface area contributed by atoms with E-state index < -0.39 is 0 Å². The van der Waals surface area contributed by atoms with Crippen molar-refractivity contribution in [1.82, 2.24) is 4.98 Å². The van der Waals surface area contributed by atoms with Crippen LogP contribution in [0.15, 0.2) is 42.6 Å². The Hall–Kier alpha value is -2.47. The van der Waals surface area contributed by atoms with Gasteiger partial charge in [-0.25, -0.2) is 9.37 Å². The molecule has 26 heavy (non-hydrogen) atoms. The summed E-state index contributed by atoms with van der Waals surface area (Å²) in [6.45, 7) is 3.65. The van der Waals surface area contributed by atoms with Crippen molar-refractivity contribution in [3.63, 3.8) is 0 Å². The summed E-state index contributed by atoms with van der Waals surface area (Å²) in [5.74, 6) is 0.531. The number of pyridine rings is 1. The predicted octanol–water partition coefficient (Wildman–Crippen LogP) is 4.60. The number of piperidine rings is 1. The number of aryl methyl sites for hydroxylation is 1. The van der Waals surface area contributed by atoms with Gasteiger partial charge in [0.25, 0.3) is 0 Å². The molecule has 0 saturated carbocycles. The fourth-order valence-electron chi connectivity index (χ4n) is 3.49. The summed E-state index contributed by atoms with van der Waals surface area (Å²) in [5.41, 5.74) is 0.627. The fourth-order valence-corrected chi connectivity index (χ4v) is 4.40. The molecule has 4 rings (SSSR count). The number of fused-ring (bicyclic) bond motifs is 1. The highest BCUT2D eigenvalue weighted by atomic mass is 32.1. The molecule has 1 aliphatic heterocycles. The summed E-state index contributed by atoms with van der Waals surface area (Å²) in [6, 6.07) is 10.1. The highest BCUT2D eigenvalue weighted by Crippen LogP contribution is 2.33. The lowest BCUT2D eigenvalue weighted by atomic mass is 9.96. The Kier molecular flexibility index (Phi) is 4.59. The Bertz CT molecular complexity index is 938. The zero-order valence-corrected chi connectivity index (χ0v) is 15.4. The van der Waals surface area contributed by atoms with E-state index in [-0.39, 0.29) is 17.6 Å². The van der Waals surface area contributed by atoms with Crippen molar-refractivity contribution in [2.75, 3.05) is 23.3 Å². The number of benzene rings is 1. The van der Waals surface area contributed by atoms with Crippen molar-refractivity contribution in [3.8, 4) is 0 Å². The quantitative estimate of drug-likeness (QED) is 0.734. The lowest BCUT2D eigenvalue weighted by molar-refractivity contribution is -0.120. The molecule has 1 fully saturated rings. The largest absolute Gasteiger partial charge is 0.355 e. The second kappa shape index (κ2) is 7.03. The standard InChI is InChI=1S/C20H20FN3OS/c1-13-11-17-18(26-13)8-9-22-19(17)24-10-2-3-14(12-24)20(25)23-16-6-4-15(21)5-7-16/h4-9,11,14H,2-3,10,12H2,1H3,(H,23,25). The molecule has 1 unspecified atom stereocenters. The van der Waals surface area contributed by atoms with Gasteiger partial charge < -0.3 is 10.2 Å². The SMILES string of the molecule is Cc1cc2c(N3CCCC(C(=O)Nc4ccc(F)cc4)C3)nccc2s1. The van der Waals surface area contributed by atoms with Crippen molar-refractivity contribution in [2.24, 2.45) is 5.92 Å². The number of carbonyl (C=O) groups is 1. The number of amides is 1. The maximum atomic E-state index is 13.0. The van der Waals surface area contributed by atoms with Crippen molar-refractivity contribution in [1.29, 1.82) is 0 Å². The molecule has 1 saturated heterocycles. The molecule has 0 radical (unpaired) electrons. The van der Waals surface area contributed by atoms with Gasteiger partial charge in [-0.3, -0.25) is 4.79 Å². The van der Waals surface area contributed by atoms with Crippen LogP contribution < -0.4 is 10.2 Å². The average Bonchev–Trinajstić information content (AvgIpc) is 3.04. The smallest absolute Gasteiger partial charge is 0.229 e. The van der Waals surface area contributed by atoms with E-state index in [2.05, 4.69) is 28.2 Å². The zero-order valence-electron chi connectivity index (χ0n) is 14.5. The molecular weight excluding hydrogens is 349 g/mol. The number of rotatable bonds is 3. The van der Waals surface area contributed by atoms with Gasteiger partial charge >= 0.3 is 0 Å². The predicted molar refractivity (Wildman–Crippen MR) is 104 cm³/mol. The highest BCUT2D eigenvalue weighted by molar-refractivity contribution is 7.19. The van der Waals surface area contributed by atoms with E-state index >= 15 is 0 Å². The van der Waals surface area contributed by atoms with Crippen molar-refractivity contribution >= 4 is 38.8 Å². The van der Waals surface area contributed by atoms with Crippen LogP contribution in [-0.2, 0) is 4.79 Å². The normalized spacial score (nSPS) is 17.5. The minimum absolute atomic E-state index is 0.0185. The minimum atomic E-state index is -0.308. The third-order valence-electron chi connectivity index (χ3n) is 4.75. The van der Waals surface area contributed by atoms with Gasteiger partial charge in [0.1, 0.15) is 11.6 Å². The third-order valence-corrected chi connectivity index (χ3v) is 5.77. The highest BCUT2D eigenvalue weighted by Gasteiger charge is 2.27. The molecule has 3 aromatic rings. The summed E-state index contributed by atoms with van der Waals surface area (Å²) < 4.78 is 14.2. The van der Waals surface area contributed by atoms with E-state index in [0.717, 1.165) is 30.6 Å². The number of nitrogens with zero attached hydrogens (tertiary/aromatic N) is 2. The lowest BCUT2D eigenvalue weighted by Crippen LogP contribution is -2.41. The summed E-state index contributed by atoms with van der Waals surface area (Å²) in [4.78, 5) is 20.7. The Morgan fingerprint density at radius 2 is 2.12 bits per heavy atom. The molecule has 1 amide bonds. The molecule has 0 bridgehead atoms. The number of hydrogen-bond acceptors (Lipinski definition) is 4. The van der Waals surface area contributed by atoms with Gasteiger partial charge in [-0.15, -0.1) is 11.3 Å². The number of anilines is 2. The van der Waals surface area contributed by atoms with Crippen LogP contribution in [0, 0.1) is 18.7 Å². The van der Waals surface area contributed by atoms with Crippen molar-refractivity contribution < 1.29 is 9.18 Å². The van der Waals surface area contributed by atoms with Gasteiger partial charge in [0.15, 0.2) is 0 Å². The maximum absolute atomic E-state index is 13.0. The number of carbonyl (C=O) groups excluding carboxylic acids is 1. The Morgan fingerprint density at radius 3 is 2.92 bits per heavy atom. The van der Waals surface area contributed by atoms with Crippen LogP contribution in [0.5, 0.6) is 0 Å². The van der Waals surface area contributed by atoms with E-state index in [1.807, 2.05) is 12.3 Å². The van der Waals surface area contributed by atoms with E-state index in [1.54, 1.807) is 23.5 Å². The molecule has 0 spiro atoms. The van der Waals surface area contributed by atoms with Gasteiger partial charge in [0.05, 0.1) is 5.92 Å². The molecule has 0 aliphatic carbocycles. The first-order chi connectivity index (χ1) is 12.6. The Morgan fingerprint density at radius 1 is 1.31 bits per heavy atom. The van der Waals surface area contributed by atoms with Crippen LogP contribution in [-0.4, -0.2) is 24.0 Å². The number of hydrogen-bond donors (Lipinski definition) is 1. The van der Waals surface area contributed by atoms with Crippen LogP contribution in [0.4, 0.5) is 15.9 Å². The second-order valence-corrected chi connectivity index (χ2v) is 7.97. The molecule has 1 N–H and O–H groups in total. The van der Waals surface area contributed by atoms with Crippen LogP contribution in [0.1, 0.15) is 17.7 Å². The van der Waals surface area contributed by atoms with Gasteiger partial charge in [0.2, 0.25) is 5.91 Å². The van der Waals surface area contributed by atoms with Crippen LogP contribution in [0.2, 0.25) is 0 Å².